The van der Waals surface area contributed by atoms with E-state index in [4.69, 9.17) is 15.2 Å². The van der Waals surface area contributed by atoms with E-state index in [1.54, 1.807) is 7.11 Å². The predicted octanol–water partition coefficient (Wildman–Crippen LogP) is 4.46. The van der Waals surface area contributed by atoms with Crippen LogP contribution < -0.4 is 10.5 Å². The summed E-state index contributed by atoms with van der Waals surface area (Å²) in [5.41, 5.74) is 7.17. The lowest BCUT2D eigenvalue weighted by atomic mass is 10.0. The van der Waals surface area contributed by atoms with Crippen molar-refractivity contribution in [3.8, 4) is 5.75 Å². The zero-order valence-corrected chi connectivity index (χ0v) is 14.0. The summed E-state index contributed by atoms with van der Waals surface area (Å²) in [6, 6.07) is 7.90. The SMILES string of the molecule is CCCCCCC(C)OC(c1ccccc1OC)C(C)N. The third-order valence-corrected chi connectivity index (χ3v) is 3.77. The Labute approximate surface area is 129 Å². The molecular weight excluding hydrogens is 262 g/mol. The van der Waals surface area contributed by atoms with Crippen LogP contribution in [-0.4, -0.2) is 19.3 Å². The average Bonchev–Trinajstić information content (AvgIpc) is 2.49. The number of hydrogen-bond acceptors (Lipinski definition) is 3. The average molecular weight is 293 g/mol. The van der Waals surface area contributed by atoms with Gasteiger partial charge < -0.3 is 15.2 Å². The van der Waals surface area contributed by atoms with E-state index >= 15 is 0 Å². The van der Waals surface area contributed by atoms with Gasteiger partial charge in [-0.3, -0.25) is 0 Å². The van der Waals surface area contributed by atoms with Gasteiger partial charge in [-0.05, 0) is 26.3 Å². The van der Waals surface area contributed by atoms with Crippen molar-refractivity contribution in [1.29, 1.82) is 0 Å². The van der Waals surface area contributed by atoms with Crippen LogP contribution >= 0.6 is 0 Å². The summed E-state index contributed by atoms with van der Waals surface area (Å²) in [5, 5.41) is 0. The minimum atomic E-state index is -0.123. The van der Waals surface area contributed by atoms with Crippen LogP contribution in [0.15, 0.2) is 24.3 Å². The summed E-state index contributed by atoms with van der Waals surface area (Å²) in [7, 11) is 1.69. The number of methoxy groups -OCH3 is 1. The number of para-hydroxylation sites is 1. The molecule has 21 heavy (non-hydrogen) atoms. The molecule has 0 radical (unpaired) electrons. The van der Waals surface area contributed by atoms with Crippen LogP contribution in [-0.2, 0) is 4.74 Å². The first-order valence-electron chi connectivity index (χ1n) is 8.14. The van der Waals surface area contributed by atoms with Crippen LogP contribution in [0.1, 0.15) is 64.5 Å². The second-order valence-electron chi connectivity index (χ2n) is 5.82. The van der Waals surface area contributed by atoms with Gasteiger partial charge in [-0.25, -0.2) is 0 Å². The van der Waals surface area contributed by atoms with Crippen LogP contribution in [0.5, 0.6) is 5.75 Å². The molecule has 0 bridgehead atoms. The van der Waals surface area contributed by atoms with Gasteiger partial charge in [-0.15, -0.1) is 0 Å². The Morgan fingerprint density at radius 1 is 1.10 bits per heavy atom. The van der Waals surface area contributed by atoms with Crippen molar-refractivity contribution in [2.45, 2.75) is 71.1 Å². The predicted molar refractivity (Wildman–Crippen MR) is 88.7 cm³/mol. The molecule has 1 aromatic rings. The lowest BCUT2D eigenvalue weighted by molar-refractivity contribution is -0.0205. The van der Waals surface area contributed by atoms with Gasteiger partial charge >= 0.3 is 0 Å². The normalized spacial score (nSPS) is 15.5. The highest BCUT2D eigenvalue weighted by Crippen LogP contribution is 2.30. The van der Waals surface area contributed by atoms with Crippen molar-refractivity contribution in [1.82, 2.24) is 0 Å². The standard InChI is InChI=1S/C18H31NO2/c1-5-6-7-8-11-14(2)21-18(15(3)19)16-12-9-10-13-17(16)20-4/h9-10,12-15,18H,5-8,11,19H2,1-4H3. The maximum atomic E-state index is 6.22. The van der Waals surface area contributed by atoms with E-state index in [2.05, 4.69) is 13.8 Å². The highest BCUT2D eigenvalue weighted by atomic mass is 16.5. The topological polar surface area (TPSA) is 44.5 Å². The Hall–Kier alpha value is -1.06. The third-order valence-electron chi connectivity index (χ3n) is 3.77. The molecule has 0 aromatic heterocycles. The van der Waals surface area contributed by atoms with Gasteiger partial charge in [0, 0.05) is 11.6 Å². The molecule has 0 aliphatic carbocycles. The van der Waals surface area contributed by atoms with E-state index in [0.29, 0.717) is 0 Å². The molecule has 3 nitrogen and oxygen atoms in total. The summed E-state index contributed by atoms with van der Waals surface area (Å²) >= 11 is 0. The second kappa shape index (κ2) is 9.80. The van der Waals surface area contributed by atoms with E-state index in [0.717, 1.165) is 17.7 Å². The maximum Gasteiger partial charge on any atom is 0.124 e. The molecule has 0 aliphatic heterocycles. The molecule has 0 spiro atoms. The van der Waals surface area contributed by atoms with Crippen molar-refractivity contribution >= 4 is 0 Å². The summed E-state index contributed by atoms with van der Waals surface area (Å²) < 4.78 is 11.7. The van der Waals surface area contributed by atoms with Crippen molar-refractivity contribution < 1.29 is 9.47 Å². The van der Waals surface area contributed by atoms with Gasteiger partial charge in [-0.1, -0.05) is 50.8 Å². The molecule has 2 N–H and O–H groups in total. The molecule has 0 fully saturated rings. The van der Waals surface area contributed by atoms with Crippen molar-refractivity contribution in [2.75, 3.05) is 7.11 Å². The molecule has 3 heteroatoms. The van der Waals surface area contributed by atoms with Gasteiger partial charge in [0.05, 0.1) is 13.2 Å². The zero-order chi connectivity index (χ0) is 15.7. The zero-order valence-electron chi connectivity index (χ0n) is 14.0. The molecular formula is C18H31NO2. The van der Waals surface area contributed by atoms with Gasteiger partial charge in [0.15, 0.2) is 0 Å². The fourth-order valence-electron chi connectivity index (χ4n) is 2.56. The maximum absolute atomic E-state index is 6.22. The Morgan fingerprint density at radius 3 is 2.43 bits per heavy atom. The third kappa shape index (κ3) is 6.06. The van der Waals surface area contributed by atoms with Crippen molar-refractivity contribution in [3.63, 3.8) is 0 Å². The van der Waals surface area contributed by atoms with E-state index in [1.807, 2.05) is 31.2 Å². The van der Waals surface area contributed by atoms with Crippen LogP contribution in [0.25, 0.3) is 0 Å². The number of rotatable bonds is 10. The lowest BCUT2D eigenvalue weighted by Gasteiger charge is -2.27. The molecule has 0 aliphatic rings. The molecule has 3 atom stereocenters. The number of nitrogens with two attached hydrogens (primary N) is 1. The first-order valence-corrected chi connectivity index (χ1v) is 8.14. The van der Waals surface area contributed by atoms with Gasteiger partial charge in [0.25, 0.3) is 0 Å². The Bertz CT molecular complexity index is 393. The number of benzene rings is 1. The first kappa shape index (κ1) is 18.0. The smallest absolute Gasteiger partial charge is 0.124 e. The van der Waals surface area contributed by atoms with Crippen LogP contribution in [0.4, 0.5) is 0 Å². The summed E-state index contributed by atoms with van der Waals surface area (Å²) in [4.78, 5) is 0. The fraction of sp³-hybridized carbons (Fsp3) is 0.667. The monoisotopic (exact) mass is 293 g/mol. The Morgan fingerprint density at radius 2 is 1.81 bits per heavy atom. The first-order chi connectivity index (χ1) is 10.1. The van der Waals surface area contributed by atoms with Crippen molar-refractivity contribution in [2.24, 2.45) is 5.73 Å². The highest BCUT2D eigenvalue weighted by Gasteiger charge is 2.22. The minimum absolute atomic E-state index is 0.0700. The summed E-state index contributed by atoms with van der Waals surface area (Å²) in [6.07, 6.45) is 6.23. The van der Waals surface area contributed by atoms with E-state index in [1.165, 1.54) is 25.7 Å². The Balaban J connectivity index is 2.65. The molecule has 3 unspecified atom stereocenters. The quantitative estimate of drug-likeness (QED) is 0.648. The minimum Gasteiger partial charge on any atom is -0.496 e. The van der Waals surface area contributed by atoms with Crippen LogP contribution in [0.3, 0.4) is 0 Å². The van der Waals surface area contributed by atoms with E-state index in [9.17, 15) is 0 Å². The van der Waals surface area contributed by atoms with Gasteiger partial charge in [0.1, 0.15) is 11.9 Å². The molecule has 0 saturated carbocycles. The van der Waals surface area contributed by atoms with Gasteiger partial charge in [-0.2, -0.15) is 0 Å². The Kier molecular flexibility index (Phi) is 8.40. The van der Waals surface area contributed by atoms with E-state index < -0.39 is 0 Å². The van der Waals surface area contributed by atoms with Crippen LogP contribution in [0, 0.1) is 0 Å². The molecule has 0 amide bonds. The molecule has 1 aromatic carbocycles. The number of ether oxygens (including phenoxy) is 2. The fourth-order valence-corrected chi connectivity index (χ4v) is 2.56. The van der Waals surface area contributed by atoms with Gasteiger partial charge in [0.2, 0.25) is 0 Å². The molecule has 0 heterocycles. The molecule has 120 valence electrons. The van der Waals surface area contributed by atoms with Crippen molar-refractivity contribution in [3.05, 3.63) is 29.8 Å². The van der Waals surface area contributed by atoms with E-state index in [-0.39, 0.29) is 18.2 Å². The lowest BCUT2D eigenvalue weighted by Crippen LogP contribution is -2.30. The summed E-state index contributed by atoms with van der Waals surface area (Å²) in [6.45, 7) is 6.35. The second-order valence-corrected chi connectivity index (χ2v) is 5.82. The van der Waals surface area contributed by atoms with Crippen LogP contribution in [0.2, 0.25) is 0 Å². The number of unbranched alkanes of at least 4 members (excludes halogenated alkanes) is 3. The molecule has 1 rings (SSSR count). The molecule has 0 saturated heterocycles. The number of hydrogen-bond donors (Lipinski definition) is 1. The summed E-state index contributed by atoms with van der Waals surface area (Å²) in [5.74, 6) is 0.845. The highest BCUT2D eigenvalue weighted by molar-refractivity contribution is 5.35. The largest absolute Gasteiger partial charge is 0.496 e.